The Morgan fingerprint density at radius 2 is 1.55 bits per heavy atom. The maximum atomic E-state index is 13.2. The van der Waals surface area contributed by atoms with E-state index in [1.165, 1.54) is 4.31 Å². The van der Waals surface area contributed by atoms with Gasteiger partial charge in [-0.15, -0.1) is 0 Å². The number of rotatable bonds is 11. The van der Waals surface area contributed by atoms with Gasteiger partial charge in [-0.25, -0.2) is 8.42 Å². The van der Waals surface area contributed by atoms with Crippen LogP contribution in [0.15, 0.2) is 48.5 Å². The molecule has 7 nitrogen and oxygen atoms in total. The van der Waals surface area contributed by atoms with Crippen LogP contribution in [0.4, 0.5) is 5.69 Å². The highest BCUT2D eigenvalue weighted by molar-refractivity contribution is 7.92. The Bertz CT molecular complexity index is 943. The highest BCUT2D eigenvalue weighted by Gasteiger charge is 2.32. The number of nitrogens with zero attached hydrogens (tertiary/aromatic N) is 1. The fourth-order valence-corrected chi connectivity index (χ4v) is 4.65. The highest BCUT2D eigenvalue weighted by Crippen LogP contribution is 2.26. The predicted molar refractivity (Wildman–Crippen MR) is 123 cm³/mol. The van der Waals surface area contributed by atoms with E-state index in [2.05, 4.69) is 5.32 Å². The smallest absolute Gasteiger partial charge is 0.244 e. The Labute approximate surface area is 185 Å². The van der Waals surface area contributed by atoms with Gasteiger partial charge >= 0.3 is 0 Å². The van der Waals surface area contributed by atoms with Crippen molar-refractivity contribution >= 4 is 21.6 Å². The van der Waals surface area contributed by atoms with E-state index in [1.807, 2.05) is 38.1 Å². The average Bonchev–Trinajstić information content (AvgIpc) is 2.75. The fraction of sp³-hybridized carbons (Fsp3) is 0.435. The van der Waals surface area contributed by atoms with Crippen molar-refractivity contribution in [1.82, 2.24) is 5.32 Å². The van der Waals surface area contributed by atoms with Crippen LogP contribution in [0.2, 0.25) is 0 Å². The summed E-state index contributed by atoms with van der Waals surface area (Å²) in [4.78, 5) is 13.2. The Morgan fingerprint density at radius 1 is 0.968 bits per heavy atom. The molecule has 170 valence electrons. The molecule has 0 aliphatic rings. The van der Waals surface area contributed by atoms with Crippen molar-refractivity contribution in [2.24, 2.45) is 0 Å². The average molecular weight is 449 g/mol. The second-order valence-electron chi connectivity index (χ2n) is 7.15. The molecular weight excluding hydrogens is 416 g/mol. The number of hydrogen-bond acceptors (Lipinski definition) is 5. The molecule has 2 aromatic carbocycles. The molecule has 0 aliphatic carbocycles. The lowest BCUT2D eigenvalue weighted by molar-refractivity contribution is -0.123. The minimum absolute atomic E-state index is 0.241. The van der Waals surface area contributed by atoms with Crippen molar-refractivity contribution in [3.63, 3.8) is 0 Å². The Kier molecular flexibility index (Phi) is 8.74. The third-order valence-electron chi connectivity index (χ3n) is 4.97. The normalized spacial score (nSPS) is 13.2. The molecule has 0 radical (unpaired) electrons. The first-order valence-electron chi connectivity index (χ1n) is 10.4. The summed E-state index contributed by atoms with van der Waals surface area (Å²) < 4.78 is 37.1. The van der Waals surface area contributed by atoms with Crippen LogP contribution in [0.3, 0.4) is 0 Å². The quantitative estimate of drug-likeness (QED) is 0.563. The largest absolute Gasteiger partial charge is 0.497 e. The third-order valence-corrected chi connectivity index (χ3v) is 6.15. The first-order valence-corrected chi connectivity index (χ1v) is 12.3. The Balaban J connectivity index is 2.30. The van der Waals surface area contributed by atoms with Crippen molar-refractivity contribution in [3.05, 3.63) is 54.1 Å². The molecule has 0 spiro atoms. The maximum absolute atomic E-state index is 13.2. The zero-order chi connectivity index (χ0) is 23.0. The van der Waals surface area contributed by atoms with Crippen LogP contribution in [-0.2, 0) is 14.8 Å². The number of nitrogens with one attached hydrogen (secondary N) is 1. The first-order chi connectivity index (χ1) is 14.7. The van der Waals surface area contributed by atoms with E-state index in [9.17, 15) is 13.2 Å². The number of carbonyl (C=O) groups is 1. The van der Waals surface area contributed by atoms with Crippen LogP contribution in [0.25, 0.3) is 0 Å². The number of amides is 1. The lowest BCUT2D eigenvalue weighted by Crippen LogP contribution is -2.50. The lowest BCUT2D eigenvalue weighted by atomic mass is 10.0. The number of anilines is 1. The summed E-state index contributed by atoms with van der Waals surface area (Å²) >= 11 is 0. The van der Waals surface area contributed by atoms with Gasteiger partial charge in [0.1, 0.15) is 17.5 Å². The summed E-state index contributed by atoms with van der Waals surface area (Å²) in [6.45, 7) is 6.16. The standard InChI is InChI=1S/C23H32N2O5S/c1-6-21(17-9-13-19(29-4)14-10-17)24-23(26)22(7-2)25(31(5,27)28)18-11-15-20(16-12-18)30-8-3/h9-16,21-22H,6-8H2,1-5H3,(H,24,26)/t21-,22+/m0/s1. The molecule has 2 rings (SSSR count). The molecule has 8 heteroatoms. The third kappa shape index (κ3) is 6.37. The van der Waals surface area contributed by atoms with E-state index in [0.29, 0.717) is 30.9 Å². The van der Waals surface area contributed by atoms with Crippen LogP contribution in [0.1, 0.15) is 45.2 Å². The molecule has 0 saturated heterocycles. The van der Waals surface area contributed by atoms with E-state index < -0.39 is 16.1 Å². The van der Waals surface area contributed by atoms with Gasteiger partial charge < -0.3 is 14.8 Å². The van der Waals surface area contributed by atoms with Gasteiger partial charge in [-0.05, 0) is 61.7 Å². The van der Waals surface area contributed by atoms with Gasteiger partial charge in [0.25, 0.3) is 0 Å². The van der Waals surface area contributed by atoms with E-state index in [1.54, 1.807) is 38.3 Å². The monoisotopic (exact) mass is 448 g/mol. The topological polar surface area (TPSA) is 84.9 Å². The van der Waals surface area contributed by atoms with Gasteiger partial charge in [-0.3, -0.25) is 9.10 Å². The van der Waals surface area contributed by atoms with Crippen LogP contribution < -0.4 is 19.1 Å². The van der Waals surface area contributed by atoms with Gasteiger partial charge in [-0.2, -0.15) is 0 Å². The minimum Gasteiger partial charge on any atom is -0.497 e. The second-order valence-corrected chi connectivity index (χ2v) is 9.01. The van der Waals surface area contributed by atoms with Gasteiger partial charge in [0.15, 0.2) is 0 Å². The molecule has 0 fully saturated rings. The van der Waals surface area contributed by atoms with Crippen LogP contribution in [0, 0.1) is 0 Å². The molecule has 1 N–H and O–H groups in total. The molecule has 0 aromatic heterocycles. The summed E-state index contributed by atoms with van der Waals surface area (Å²) in [6.07, 6.45) is 2.10. The van der Waals surface area contributed by atoms with Gasteiger partial charge in [-0.1, -0.05) is 26.0 Å². The number of methoxy groups -OCH3 is 1. The van der Waals surface area contributed by atoms with Crippen LogP contribution in [-0.4, -0.2) is 40.3 Å². The zero-order valence-corrected chi connectivity index (χ0v) is 19.6. The molecule has 0 heterocycles. The number of hydrogen-bond donors (Lipinski definition) is 1. The minimum atomic E-state index is -3.70. The molecule has 0 bridgehead atoms. The van der Waals surface area contributed by atoms with Crippen LogP contribution >= 0.6 is 0 Å². The summed E-state index contributed by atoms with van der Waals surface area (Å²) in [5.74, 6) is 1.03. The molecule has 0 aliphatic heterocycles. The van der Waals surface area contributed by atoms with Gasteiger partial charge in [0, 0.05) is 0 Å². The van der Waals surface area contributed by atoms with E-state index in [4.69, 9.17) is 9.47 Å². The Morgan fingerprint density at radius 3 is 2.00 bits per heavy atom. The molecular formula is C23H32N2O5S. The molecule has 31 heavy (non-hydrogen) atoms. The first kappa shape index (κ1) is 24.5. The molecule has 2 atom stereocenters. The van der Waals surface area contributed by atoms with Crippen molar-refractivity contribution in [3.8, 4) is 11.5 Å². The molecule has 0 saturated carbocycles. The van der Waals surface area contributed by atoms with Crippen molar-refractivity contribution < 1.29 is 22.7 Å². The van der Waals surface area contributed by atoms with E-state index >= 15 is 0 Å². The van der Waals surface area contributed by atoms with Crippen molar-refractivity contribution in [1.29, 1.82) is 0 Å². The molecule has 1 amide bonds. The highest BCUT2D eigenvalue weighted by atomic mass is 32.2. The number of ether oxygens (including phenoxy) is 2. The lowest BCUT2D eigenvalue weighted by Gasteiger charge is -2.31. The Hall–Kier alpha value is -2.74. The predicted octanol–water partition coefficient (Wildman–Crippen LogP) is 3.91. The summed E-state index contributed by atoms with van der Waals surface area (Å²) in [5.41, 5.74) is 1.35. The molecule has 0 unspecified atom stereocenters. The summed E-state index contributed by atoms with van der Waals surface area (Å²) in [5, 5.41) is 3.01. The maximum Gasteiger partial charge on any atom is 0.244 e. The van der Waals surface area contributed by atoms with Gasteiger partial charge in [0.2, 0.25) is 15.9 Å². The van der Waals surface area contributed by atoms with Crippen molar-refractivity contribution in [2.45, 2.75) is 45.7 Å². The zero-order valence-electron chi connectivity index (χ0n) is 18.8. The summed E-state index contributed by atoms with van der Waals surface area (Å²) in [7, 11) is -2.10. The number of sulfonamides is 1. The van der Waals surface area contributed by atoms with Crippen molar-refractivity contribution in [2.75, 3.05) is 24.3 Å². The SMILES string of the molecule is CCOc1ccc(N([C@H](CC)C(=O)N[C@@H](CC)c2ccc(OC)cc2)S(C)(=O)=O)cc1. The molecule has 2 aromatic rings. The number of carbonyl (C=O) groups excluding carboxylic acids is 1. The number of benzene rings is 2. The summed E-state index contributed by atoms with van der Waals surface area (Å²) in [6, 6.07) is 13.1. The van der Waals surface area contributed by atoms with E-state index in [-0.39, 0.29) is 11.9 Å². The van der Waals surface area contributed by atoms with E-state index in [0.717, 1.165) is 17.6 Å². The van der Waals surface area contributed by atoms with Crippen LogP contribution in [0.5, 0.6) is 11.5 Å². The second kappa shape index (κ2) is 11.0. The van der Waals surface area contributed by atoms with Gasteiger partial charge in [0.05, 0.1) is 31.7 Å². The fourth-order valence-electron chi connectivity index (χ4n) is 3.44.